The minimum atomic E-state index is -1.01. The summed E-state index contributed by atoms with van der Waals surface area (Å²) >= 11 is 0. The predicted octanol–water partition coefficient (Wildman–Crippen LogP) is 4.67. The summed E-state index contributed by atoms with van der Waals surface area (Å²) in [6, 6.07) is 27.0. The maximum atomic E-state index is 13.6. The number of aromatic nitrogens is 1. The van der Waals surface area contributed by atoms with Gasteiger partial charge in [-0.25, -0.2) is 4.98 Å². The Bertz CT molecular complexity index is 1390. The van der Waals surface area contributed by atoms with Crippen LogP contribution in [-0.4, -0.2) is 33.7 Å². The van der Waals surface area contributed by atoms with E-state index in [0.717, 1.165) is 33.3 Å². The van der Waals surface area contributed by atoms with E-state index < -0.39 is 10.8 Å². The van der Waals surface area contributed by atoms with E-state index in [-0.39, 0.29) is 5.91 Å². The Kier molecular flexibility index (Phi) is 7.46. The Balaban J connectivity index is 1.74. The van der Waals surface area contributed by atoms with Gasteiger partial charge in [0.15, 0.2) is 0 Å². The van der Waals surface area contributed by atoms with Gasteiger partial charge in [-0.2, -0.15) is 5.26 Å². The van der Waals surface area contributed by atoms with Gasteiger partial charge in [-0.15, -0.1) is 0 Å². The van der Waals surface area contributed by atoms with E-state index in [1.807, 2.05) is 72.8 Å². The first kappa shape index (κ1) is 23.3. The topological polar surface area (TPSA) is 82.8 Å². The highest BCUT2D eigenvalue weighted by Gasteiger charge is 2.21. The van der Waals surface area contributed by atoms with Gasteiger partial charge in [0.25, 0.3) is 5.91 Å². The van der Waals surface area contributed by atoms with Gasteiger partial charge in [-0.05, 0) is 36.1 Å². The highest BCUT2D eigenvalue weighted by Crippen LogP contribution is 2.31. The lowest BCUT2D eigenvalue weighted by molar-refractivity contribution is 0.0955. The van der Waals surface area contributed by atoms with Gasteiger partial charge in [0.1, 0.15) is 0 Å². The summed E-state index contributed by atoms with van der Waals surface area (Å²) in [6.07, 6.45) is 2.70. The molecule has 4 rings (SSSR count). The van der Waals surface area contributed by atoms with Gasteiger partial charge in [0.2, 0.25) is 0 Å². The fourth-order valence-electron chi connectivity index (χ4n) is 4.08. The molecule has 0 aliphatic heterocycles. The number of carbonyl (C=O) groups excluding carboxylic acids is 1. The third kappa shape index (κ3) is 5.22. The largest absolute Gasteiger partial charge is 0.352 e. The zero-order chi connectivity index (χ0) is 23.9. The number of pyridine rings is 1. The van der Waals surface area contributed by atoms with Crippen molar-refractivity contribution in [3.8, 4) is 17.3 Å². The normalized spacial score (nSPS) is 11.6. The predicted molar refractivity (Wildman–Crippen MR) is 137 cm³/mol. The van der Waals surface area contributed by atoms with Crippen LogP contribution < -0.4 is 5.32 Å². The molecule has 170 valence electrons. The standard InChI is InChI=1S/C28H25N3O2S/c1-34(33)18-16-24-26(28(32)30-17-15-20-9-5-6-12-22(20)19-29)23-13-7-8-14-25(23)31-27(24)21-10-3-2-4-11-21/h2-14H,15-18H2,1H3,(H,30,32). The van der Waals surface area contributed by atoms with Crippen molar-refractivity contribution in [3.05, 3.63) is 101 Å². The first-order valence-electron chi connectivity index (χ1n) is 11.1. The molecule has 0 bridgehead atoms. The fourth-order valence-corrected chi connectivity index (χ4v) is 4.57. The first-order valence-corrected chi connectivity index (χ1v) is 12.8. The number of fused-ring (bicyclic) bond motifs is 1. The molecule has 1 unspecified atom stereocenters. The third-order valence-electron chi connectivity index (χ3n) is 5.72. The molecule has 0 saturated carbocycles. The quantitative estimate of drug-likeness (QED) is 0.408. The average Bonchev–Trinajstić information content (AvgIpc) is 2.87. The van der Waals surface area contributed by atoms with Crippen LogP contribution in [-0.2, 0) is 23.6 Å². The summed E-state index contributed by atoms with van der Waals surface area (Å²) in [5, 5.41) is 13.2. The van der Waals surface area contributed by atoms with E-state index in [2.05, 4.69) is 11.4 Å². The maximum Gasteiger partial charge on any atom is 0.252 e. The van der Waals surface area contributed by atoms with E-state index in [0.29, 0.717) is 36.3 Å². The second kappa shape index (κ2) is 10.9. The summed E-state index contributed by atoms with van der Waals surface area (Å²) in [6.45, 7) is 0.397. The summed E-state index contributed by atoms with van der Waals surface area (Å²) in [4.78, 5) is 18.5. The van der Waals surface area contributed by atoms with Crippen LogP contribution in [0.25, 0.3) is 22.2 Å². The molecule has 0 fully saturated rings. The van der Waals surface area contributed by atoms with E-state index in [1.54, 1.807) is 12.3 Å². The van der Waals surface area contributed by atoms with Crippen molar-refractivity contribution in [2.45, 2.75) is 12.8 Å². The van der Waals surface area contributed by atoms with Crippen molar-refractivity contribution in [2.24, 2.45) is 0 Å². The summed E-state index contributed by atoms with van der Waals surface area (Å²) in [7, 11) is -1.01. The minimum Gasteiger partial charge on any atom is -0.352 e. The molecule has 0 radical (unpaired) electrons. The molecule has 1 atom stereocenters. The van der Waals surface area contributed by atoms with Crippen LogP contribution in [0.1, 0.15) is 27.0 Å². The monoisotopic (exact) mass is 467 g/mol. The molecule has 6 heteroatoms. The number of nitrogens with zero attached hydrogens (tertiary/aromatic N) is 2. The molecular formula is C28H25N3O2S. The Morgan fingerprint density at radius 2 is 1.68 bits per heavy atom. The third-order valence-corrected chi connectivity index (χ3v) is 6.50. The number of nitriles is 1. The van der Waals surface area contributed by atoms with Gasteiger partial charge >= 0.3 is 0 Å². The average molecular weight is 468 g/mol. The van der Waals surface area contributed by atoms with Crippen molar-refractivity contribution in [2.75, 3.05) is 18.6 Å². The lowest BCUT2D eigenvalue weighted by atomic mass is 9.94. The van der Waals surface area contributed by atoms with E-state index >= 15 is 0 Å². The van der Waals surface area contributed by atoms with E-state index in [9.17, 15) is 14.3 Å². The molecule has 34 heavy (non-hydrogen) atoms. The molecule has 0 aliphatic rings. The van der Waals surface area contributed by atoms with Crippen LogP contribution in [0.15, 0.2) is 78.9 Å². The Hall–Kier alpha value is -3.82. The molecule has 1 N–H and O–H groups in total. The second-order valence-electron chi connectivity index (χ2n) is 8.00. The van der Waals surface area contributed by atoms with Crippen molar-refractivity contribution in [1.29, 1.82) is 5.26 Å². The van der Waals surface area contributed by atoms with Gasteiger partial charge in [0.05, 0.1) is 28.4 Å². The van der Waals surface area contributed by atoms with Crippen LogP contribution in [0.4, 0.5) is 0 Å². The van der Waals surface area contributed by atoms with E-state index in [4.69, 9.17) is 4.98 Å². The Labute approximate surface area is 201 Å². The van der Waals surface area contributed by atoms with Crippen molar-refractivity contribution >= 4 is 27.6 Å². The van der Waals surface area contributed by atoms with Crippen LogP contribution >= 0.6 is 0 Å². The first-order chi connectivity index (χ1) is 16.6. The molecule has 1 heterocycles. The number of benzene rings is 3. The van der Waals surface area contributed by atoms with Crippen molar-refractivity contribution in [3.63, 3.8) is 0 Å². The zero-order valence-corrected chi connectivity index (χ0v) is 19.8. The molecular weight excluding hydrogens is 442 g/mol. The highest BCUT2D eigenvalue weighted by molar-refractivity contribution is 7.84. The number of hydrogen-bond acceptors (Lipinski definition) is 4. The highest BCUT2D eigenvalue weighted by atomic mass is 32.2. The number of rotatable bonds is 8. The fraction of sp³-hybridized carbons (Fsp3) is 0.179. The molecule has 1 aromatic heterocycles. The lowest BCUT2D eigenvalue weighted by Crippen LogP contribution is -2.28. The number of amides is 1. The smallest absolute Gasteiger partial charge is 0.252 e. The molecule has 4 aromatic rings. The van der Waals surface area contributed by atoms with Gasteiger partial charge in [-0.3, -0.25) is 9.00 Å². The second-order valence-corrected chi connectivity index (χ2v) is 9.55. The zero-order valence-electron chi connectivity index (χ0n) is 19.0. The molecule has 1 amide bonds. The van der Waals surface area contributed by atoms with Crippen LogP contribution in [0.5, 0.6) is 0 Å². The molecule has 3 aromatic carbocycles. The summed E-state index contributed by atoms with van der Waals surface area (Å²) in [5.41, 5.74) is 5.29. The summed E-state index contributed by atoms with van der Waals surface area (Å²) in [5.74, 6) is 0.248. The maximum absolute atomic E-state index is 13.6. The SMILES string of the molecule is CS(=O)CCc1c(-c2ccccc2)nc2ccccc2c1C(=O)NCCc1ccccc1C#N. The number of para-hydroxylation sites is 1. The molecule has 0 aliphatic carbocycles. The Morgan fingerprint density at radius 1 is 0.971 bits per heavy atom. The number of nitrogens with one attached hydrogen (secondary N) is 1. The van der Waals surface area contributed by atoms with Crippen molar-refractivity contribution < 1.29 is 9.00 Å². The van der Waals surface area contributed by atoms with E-state index in [1.165, 1.54) is 0 Å². The van der Waals surface area contributed by atoms with Gasteiger partial charge < -0.3 is 5.32 Å². The minimum absolute atomic E-state index is 0.192. The van der Waals surface area contributed by atoms with Crippen LogP contribution in [0, 0.1) is 11.3 Å². The summed E-state index contributed by atoms with van der Waals surface area (Å²) < 4.78 is 12.0. The number of carbonyl (C=O) groups is 1. The molecule has 5 nitrogen and oxygen atoms in total. The Morgan fingerprint density at radius 3 is 2.44 bits per heavy atom. The lowest BCUT2D eigenvalue weighted by Gasteiger charge is -2.17. The van der Waals surface area contributed by atoms with Gasteiger partial charge in [-0.1, -0.05) is 66.7 Å². The van der Waals surface area contributed by atoms with Crippen LogP contribution in [0.2, 0.25) is 0 Å². The van der Waals surface area contributed by atoms with Gasteiger partial charge in [0, 0.05) is 40.3 Å². The molecule has 0 spiro atoms. The van der Waals surface area contributed by atoms with Crippen molar-refractivity contribution in [1.82, 2.24) is 10.3 Å². The molecule has 0 saturated heterocycles. The number of hydrogen-bond donors (Lipinski definition) is 1. The van der Waals surface area contributed by atoms with Crippen LogP contribution in [0.3, 0.4) is 0 Å².